The summed E-state index contributed by atoms with van der Waals surface area (Å²) in [5, 5.41) is 28.4. The number of nitriles is 3. The Morgan fingerprint density at radius 2 is 1.55 bits per heavy atom. The van der Waals surface area contributed by atoms with Gasteiger partial charge in [0.15, 0.2) is 11.3 Å². The SMILES string of the molecule is CC(=O)OCCN(CCOC(C)=O)c1ccc(C2=C/C(=C/C=C/C3=C(C#N)C(=C(C#N)C#N)OC3(C)C)CC(C)(C)C2)cc1. The van der Waals surface area contributed by atoms with Gasteiger partial charge in [-0.3, -0.25) is 9.59 Å². The van der Waals surface area contributed by atoms with Gasteiger partial charge in [0.1, 0.15) is 42.6 Å². The molecule has 1 heterocycles. The van der Waals surface area contributed by atoms with Crippen molar-refractivity contribution in [3.63, 3.8) is 0 Å². The Morgan fingerprint density at radius 3 is 2.07 bits per heavy atom. The third kappa shape index (κ3) is 8.72. The number of ether oxygens (including phenoxy) is 3. The van der Waals surface area contributed by atoms with E-state index in [-0.39, 0.29) is 47.5 Å². The molecule has 44 heavy (non-hydrogen) atoms. The van der Waals surface area contributed by atoms with Crippen molar-refractivity contribution < 1.29 is 23.8 Å². The van der Waals surface area contributed by atoms with Crippen LogP contribution >= 0.6 is 0 Å². The van der Waals surface area contributed by atoms with Crippen molar-refractivity contribution in [3.8, 4) is 18.2 Å². The first-order valence-electron chi connectivity index (χ1n) is 14.4. The van der Waals surface area contributed by atoms with Crippen molar-refractivity contribution >= 4 is 23.2 Å². The molecule has 1 aliphatic carbocycles. The number of nitrogens with zero attached hydrogens (tertiary/aromatic N) is 4. The number of rotatable bonds is 10. The second-order valence-corrected chi connectivity index (χ2v) is 11.9. The first-order valence-corrected chi connectivity index (χ1v) is 14.4. The van der Waals surface area contributed by atoms with Crippen molar-refractivity contribution in [2.45, 2.75) is 60.0 Å². The molecule has 0 radical (unpaired) electrons. The second kappa shape index (κ2) is 14.4. The Morgan fingerprint density at radius 1 is 0.955 bits per heavy atom. The lowest BCUT2D eigenvalue weighted by atomic mass is 9.73. The van der Waals surface area contributed by atoms with E-state index in [0.29, 0.717) is 18.7 Å². The lowest BCUT2D eigenvalue weighted by Crippen LogP contribution is -2.31. The van der Waals surface area contributed by atoms with Gasteiger partial charge in [-0.2, -0.15) is 15.8 Å². The third-order valence-corrected chi connectivity index (χ3v) is 7.29. The van der Waals surface area contributed by atoms with Gasteiger partial charge >= 0.3 is 11.9 Å². The summed E-state index contributed by atoms with van der Waals surface area (Å²) in [4.78, 5) is 24.5. The predicted octanol–water partition coefficient (Wildman–Crippen LogP) is 6.24. The molecule has 0 unspecified atom stereocenters. The van der Waals surface area contributed by atoms with Crippen molar-refractivity contribution in [2.24, 2.45) is 5.41 Å². The Kier molecular flexibility index (Phi) is 10.9. The Balaban J connectivity index is 1.88. The molecule has 228 valence electrons. The van der Waals surface area contributed by atoms with Crippen LogP contribution in [0.25, 0.3) is 5.57 Å². The van der Waals surface area contributed by atoms with E-state index in [1.54, 1.807) is 13.8 Å². The zero-order chi connectivity index (χ0) is 32.5. The van der Waals surface area contributed by atoms with Crippen LogP contribution in [0.4, 0.5) is 5.69 Å². The molecule has 0 aromatic heterocycles. The monoisotopic (exact) mass is 594 g/mol. The molecule has 9 nitrogen and oxygen atoms in total. The van der Waals surface area contributed by atoms with Gasteiger partial charge in [-0.1, -0.05) is 50.3 Å². The summed E-state index contributed by atoms with van der Waals surface area (Å²) in [6, 6.07) is 13.9. The van der Waals surface area contributed by atoms with Crippen LogP contribution in [0.15, 0.2) is 76.6 Å². The first-order chi connectivity index (χ1) is 20.8. The molecular weight excluding hydrogens is 556 g/mol. The Hall–Kier alpha value is -5.07. The molecule has 0 fully saturated rings. The highest BCUT2D eigenvalue weighted by Gasteiger charge is 2.38. The standard InChI is InChI=1S/C35H38N4O5/c1-24(40)42-16-14-39(15-17-43-25(2)41)30-12-10-27(11-13-30)28-18-26(19-34(3,4)20-28)8-7-9-32-31(23-38)33(29(21-36)22-37)44-35(32,5)6/h7-13,18H,14-17,19-20H2,1-6H3/b9-7+,26-8-. The summed E-state index contributed by atoms with van der Waals surface area (Å²) in [5.74, 6) is -0.667. The van der Waals surface area contributed by atoms with Crippen LogP contribution in [0.5, 0.6) is 0 Å². The minimum Gasteiger partial charge on any atom is -0.480 e. The maximum absolute atomic E-state index is 11.2. The fourth-order valence-corrected chi connectivity index (χ4v) is 5.35. The Bertz CT molecular complexity index is 1530. The molecule has 1 aromatic rings. The molecule has 0 amide bonds. The lowest BCUT2D eigenvalue weighted by molar-refractivity contribution is -0.141. The van der Waals surface area contributed by atoms with Crippen molar-refractivity contribution in [3.05, 3.63) is 82.2 Å². The van der Waals surface area contributed by atoms with E-state index in [0.717, 1.165) is 29.7 Å². The third-order valence-electron chi connectivity index (χ3n) is 7.29. The summed E-state index contributed by atoms with van der Waals surface area (Å²) >= 11 is 0. The van der Waals surface area contributed by atoms with Crippen LogP contribution in [-0.2, 0) is 23.8 Å². The zero-order valence-corrected chi connectivity index (χ0v) is 26.2. The predicted molar refractivity (Wildman–Crippen MR) is 166 cm³/mol. The van der Waals surface area contributed by atoms with E-state index in [1.165, 1.54) is 19.4 Å². The van der Waals surface area contributed by atoms with E-state index >= 15 is 0 Å². The van der Waals surface area contributed by atoms with Gasteiger partial charge < -0.3 is 19.1 Å². The minimum atomic E-state index is -0.868. The molecule has 0 saturated heterocycles. The number of carbonyl (C=O) groups excluding carboxylic acids is 2. The first kappa shape index (κ1) is 33.4. The number of allylic oxidation sites excluding steroid dienone is 7. The van der Waals surface area contributed by atoms with E-state index in [2.05, 4.69) is 38.1 Å². The van der Waals surface area contributed by atoms with Crippen molar-refractivity contribution in [2.75, 3.05) is 31.2 Å². The molecule has 1 aromatic carbocycles. The molecule has 1 aliphatic heterocycles. The fourth-order valence-electron chi connectivity index (χ4n) is 5.35. The number of esters is 2. The van der Waals surface area contributed by atoms with Gasteiger partial charge in [0, 0.05) is 25.1 Å². The van der Waals surface area contributed by atoms with Gasteiger partial charge in [-0.05, 0) is 60.9 Å². The average molecular weight is 595 g/mol. The van der Waals surface area contributed by atoms with Crippen LogP contribution in [0.3, 0.4) is 0 Å². The van der Waals surface area contributed by atoms with E-state index in [9.17, 15) is 25.4 Å². The number of carbonyl (C=O) groups is 2. The summed E-state index contributed by atoms with van der Waals surface area (Å²) in [5.41, 5.74) is 4.06. The van der Waals surface area contributed by atoms with Gasteiger partial charge in [0.2, 0.25) is 0 Å². The molecular formula is C35H38N4O5. The smallest absolute Gasteiger partial charge is 0.302 e. The summed E-state index contributed by atoms with van der Waals surface area (Å²) in [7, 11) is 0. The quantitative estimate of drug-likeness (QED) is 0.228. The minimum absolute atomic E-state index is 0.0136. The zero-order valence-electron chi connectivity index (χ0n) is 26.2. The molecule has 0 N–H and O–H groups in total. The average Bonchev–Trinajstić information content (AvgIpc) is 3.21. The summed E-state index contributed by atoms with van der Waals surface area (Å²) in [6.45, 7) is 12.2. The Labute approximate surface area is 259 Å². The molecule has 0 saturated carbocycles. The lowest BCUT2D eigenvalue weighted by Gasteiger charge is -2.32. The molecule has 0 atom stereocenters. The van der Waals surface area contributed by atoms with Gasteiger partial charge in [0.25, 0.3) is 0 Å². The summed E-state index contributed by atoms with van der Waals surface area (Å²) < 4.78 is 16.1. The number of benzene rings is 1. The highest BCUT2D eigenvalue weighted by Crippen LogP contribution is 2.43. The van der Waals surface area contributed by atoms with Crippen molar-refractivity contribution in [1.29, 1.82) is 15.8 Å². The molecule has 0 spiro atoms. The van der Waals surface area contributed by atoms with E-state index in [1.807, 2.05) is 47.4 Å². The number of hydrogen-bond acceptors (Lipinski definition) is 9. The fraction of sp³-hybridized carbons (Fsp3) is 0.400. The van der Waals surface area contributed by atoms with Crippen LogP contribution in [0.2, 0.25) is 0 Å². The van der Waals surface area contributed by atoms with Crippen LogP contribution in [0, 0.1) is 39.4 Å². The van der Waals surface area contributed by atoms with Gasteiger partial charge in [-0.15, -0.1) is 0 Å². The number of anilines is 1. The molecule has 0 bridgehead atoms. The maximum Gasteiger partial charge on any atom is 0.302 e. The van der Waals surface area contributed by atoms with E-state index < -0.39 is 5.60 Å². The highest BCUT2D eigenvalue weighted by molar-refractivity contribution is 5.72. The van der Waals surface area contributed by atoms with Gasteiger partial charge in [-0.25, -0.2) is 0 Å². The van der Waals surface area contributed by atoms with Crippen LogP contribution < -0.4 is 4.90 Å². The largest absolute Gasteiger partial charge is 0.480 e. The number of hydrogen-bond donors (Lipinski definition) is 0. The van der Waals surface area contributed by atoms with Crippen LogP contribution in [-0.4, -0.2) is 43.8 Å². The maximum atomic E-state index is 11.2. The second-order valence-electron chi connectivity index (χ2n) is 11.9. The molecule has 2 aliphatic rings. The van der Waals surface area contributed by atoms with E-state index in [4.69, 9.17) is 14.2 Å². The van der Waals surface area contributed by atoms with Crippen molar-refractivity contribution in [1.82, 2.24) is 0 Å². The topological polar surface area (TPSA) is 136 Å². The van der Waals surface area contributed by atoms with Gasteiger partial charge in [0.05, 0.1) is 13.1 Å². The molecule has 9 heteroatoms. The van der Waals surface area contributed by atoms with Crippen LogP contribution in [0.1, 0.15) is 59.9 Å². The summed E-state index contributed by atoms with van der Waals surface area (Å²) in [6.07, 6.45) is 9.66. The highest BCUT2D eigenvalue weighted by atomic mass is 16.5. The molecule has 3 rings (SSSR count). The normalized spacial score (nSPS) is 17.7.